The molecular formula is C71H62BN3. The number of fused-ring (bicyclic) bond motifs is 7. The molecule has 13 rings (SSSR count). The zero-order valence-electron chi connectivity index (χ0n) is 44.4. The van der Waals surface area contributed by atoms with Gasteiger partial charge in [0.15, 0.2) is 0 Å². The molecular weight excluding hydrogens is 906 g/mol. The van der Waals surface area contributed by atoms with Gasteiger partial charge in [-0.25, -0.2) is 0 Å². The molecule has 0 saturated carbocycles. The third-order valence-electron chi connectivity index (χ3n) is 16.4. The van der Waals surface area contributed by atoms with Gasteiger partial charge in [0.1, 0.15) is 0 Å². The van der Waals surface area contributed by atoms with Gasteiger partial charge in [0.25, 0.3) is 6.71 Å². The second-order valence-corrected chi connectivity index (χ2v) is 23.4. The molecule has 10 aromatic rings. The Hall–Kier alpha value is -8.34. The van der Waals surface area contributed by atoms with E-state index >= 15 is 0 Å². The molecule has 0 N–H and O–H groups in total. The highest BCUT2D eigenvalue weighted by Gasteiger charge is 2.45. The molecule has 0 saturated heterocycles. The van der Waals surface area contributed by atoms with Gasteiger partial charge in [-0.1, -0.05) is 207 Å². The van der Waals surface area contributed by atoms with Gasteiger partial charge in [0.05, 0.1) is 0 Å². The van der Waals surface area contributed by atoms with Crippen LogP contribution in [0.2, 0.25) is 0 Å². The van der Waals surface area contributed by atoms with Gasteiger partial charge in [-0.15, -0.1) is 0 Å². The minimum Gasteiger partial charge on any atom is -0.311 e. The van der Waals surface area contributed by atoms with Crippen LogP contribution in [0.15, 0.2) is 231 Å². The Morgan fingerprint density at radius 2 is 0.867 bits per heavy atom. The lowest BCUT2D eigenvalue weighted by atomic mass is 9.33. The molecule has 364 valence electrons. The lowest BCUT2D eigenvalue weighted by Gasteiger charge is -2.45. The van der Waals surface area contributed by atoms with Crippen molar-refractivity contribution < 1.29 is 0 Å². The van der Waals surface area contributed by atoms with E-state index in [0.29, 0.717) is 0 Å². The summed E-state index contributed by atoms with van der Waals surface area (Å²) in [5, 5.41) is 0. The van der Waals surface area contributed by atoms with Gasteiger partial charge < -0.3 is 14.7 Å². The van der Waals surface area contributed by atoms with Crippen molar-refractivity contribution >= 4 is 74.3 Å². The smallest absolute Gasteiger partial charge is 0.252 e. The minimum atomic E-state index is -0.173. The maximum absolute atomic E-state index is 2.59. The SMILES string of the molecule is CC(C)(C)c1ccc(N2c3ccc(C(C)(C)C)cc3B3c4ccc(N(c5ccc(-c6ccccc6)cc5)c5ccc(-c6ccccc6)cc5)cc4N(c4ccc5c(c4)C(C)(C)c4ccccc4-5)c4cccc2c43)cc1. The van der Waals surface area contributed by atoms with Crippen molar-refractivity contribution in [3.8, 4) is 33.4 Å². The Labute approximate surface area is 444 Å². The molecule has 0 unspecified atom stereocenters. The van der Waals surface area contributed by atoms with Crippen molar-refractivity contribution in [2.45, 2.75) is 71.6 Å². The summed E-state index contributed by atoms with van der Waals surface area (Å²) in [5.74, 6) is 0. The van der Waals surface area contributed by atoms with Crippen LogP contribution in [0.1, 0.15) is 77.6 Å². The predicted octanol–water partition coefficient (Wildman–Crippen LogP) is 17.5. The highest BCUT2D eigenvalue weighted by atomic mass is 15.2. The van der Waals surface area contributed by atoms with E-state index in [9.17, 15) is 0 Å². The Morgan fingerprint density at radius 1 is 0.360 bits per heavy atom. The molecule has 0 atom stereocenters. The maximum Gasteiger partial charge on any atom is 0.252 e. The van der Waals surface area contributed by atoms with E-state index in [0.717, 1.165) is 28.4 Å². The Bertz CT molecular complexity index is 3720. The normalized spacial score (nSPS) is 13.9. The lowest BCUT2D eigenvalue weighted by Crippen LogP contribution is -2.61. The van der Waals surface area contributed by atoms with Crippen LogP contribution < -0.4 is 31.1 Å². The standard InChI is InChI=1S/C71H62BN3/c1-69(2,3)51-30-37-55(38-31-51)74-64-43-32-52(70(4,5)6)44-63(64)72-62-42-40-57(73(53-33-26-49(27-34-53)47-18-11-9-12-19-47)54-35-28-50(29-36-54)48-20-13-10-14-21-48)46-67(62)75(66-25-17-24-65(74)68(66)72)56-39-41-59-58-22-15-16-23-60(58)71(7,8)61(59)45-56/h9-46H,1-8H3. The van der Waals surface area contributed by atoms with Crippen LogP contribution in [0.25, 0.3) is 33.4 Å². The summed E-state index contributed by atoms with van der Waals surface area (Å²) in [5.41, 5.74) is 27.0. The quantitative estimate of drug-likeness (QED) is 0.147. The molecule has 2 aliphatic heterocycles. The van der Waals surface area contributed by atoms with E-state index in [1.165, 1.54) is 94.8 Å². The second kappa shape index (κ2) is 17.4. The summed E-state index contributed by atoms with van der Waals surface area (Å²) in [6.45, 7) is 18.6. The van der Waals surface area contributed by atoms with Crippen LogP contribution in [0.3, 0.4) is 0 Å². The number of benzene rings is 10. The zero-order valence-corrected chi connectivity index (χ0v) is 44.4. The number of nitrogens with zero attached hydrogens (tertiary/aromatic N) is 3. The van der Waals surface area contributed by atoms with E-state index in [1.54, 1.807) is 0 Å². The van der Waals surface area contributed by atoms with Crippen molar-refractivity contribution in [2.75, 3.05) is 14.7 Å². The largest absolute Gasteiger partial charge is 0.311 e. The molecule has 1 aliphatic carbocycles. The highest BCUT2D eigenvalue weighted by molar-refractivity contribution is 7.00. The lowest BCUT2D eigenvalue weighted by molar-refractivity contribution is 0.590. The van der Waals surface area contributed by atoms with Gasteiger partial charge in [-0.3, -0.25) is 0 Å². The topological polar surface area (TPSA) is 9.72 Å². The average molecular weight is 968 g/mol. The zero-order chi connectivity index (χ0) is 51.4. The third-order valence-corrected chi connectivity index (χ3v) is 16.4. The van der Waals surface area contributed by atoms with Gasteiger partial charge in [0.2, 0.25) is 0 Å². The number of hydrogen-bond acceptors (Lipinski definition) is 3. The molecule has 0 aromatic heterocycles. The Balaban J connectivity index is 1.05. The van der Waals surface area contributed by atoms with Crippen LogP contribution in [-0.4, -0.2) is 6.71 Å². The summed E-state index contributed by atoms with van der Waals surface area (Å²) in [6, 6.07) is 86.6. The van der Waals surface area contributed by atoms with E-state index in [2.05, 4.69) is 301 Å². The van der Waals surface area contributed by atoms with Crippen molar-refractivity contribution in [3.05, 3.63) is 253 Å². The first kappa shape index (κ1) is 46.5. The van der Waals surface area contributed by atoms with Gasteiger partial charge in [0, 0.05) is 56.6 Å². The average Bonchev–Trinajstić information content (AvgIpc) is 3.66. The highest BCUT2D eigenvalue weighted by Crippen LogP contribution is 2.52. The van der Waals surface area contributed by atoms with E-state index in [4.69, 9.17) is 0 Å². The Kier molecular flexibility index (Phi) is 10.8. The molecule has 3 aliphatic rings. The van der Waals surface area contributed by atoms with Crippen molar-refractivity contribution in [3.63, 3.8) is 0 Å². The fraction of sp³-hybridized carbons (Fsp3) is 0.155. The van der Waals surface area contributed by atoms with Crippen molar-refractivity contribution in [1.29, 1.82) is 0 Å². The van der Waals surface area contributed by atoms with Gasteiger partial charge in [-0.05, 0) is 162 Å². The molecule has 0 radical (unpaired) electrons. The molecule has 4 heteroatoms. The van der Waals surface area contributed by atoms with Gasteiger partial charge >= 0.3 is 0 Å². The summed E-state index contributed by atoms with van der Waals surface area (Å²) >= 11 is 0. The van der Waals surface area contributed by atoms with E-state index < -0.39 is 0 Å². The van der Waals surface area contributed by atoms with E-state index in [-0.39, 0.29) is 23.0 Å². The Morgan fingerprint density at radius 3 is 1.47 bits per heavy atom. The molecule has 0 spiro atoms. The first-order chi connectivity index (χ1) is 36.2. The fourth-order valence-corrected chi connectivity index (χ4v) is 12.3. The minimum absolute atomic E-state index is 0.0298. The molecule has 0 fully saturated rings. The molecule has 75 heavy (non-hydrogen) atoms. The second-order valence-electron chi connectivity index (χ2n) is 23.4. The number of rotatable bonds is 7. The third kappa shape index (κ3) is 7.72. The summed E-state index contributed by atoms with van der Waals surface area (Å²) in [6.07, 6.45) is 0. The maximum atomic E-state index is 2.59. The molecule has 3 nitrogen and oxygen atoms in total. The summed E-state index contributed by atoms with van der Waals surface area (Å²) < 4.78 is 0. The van der Waals surface area contributed by atoms with Crippen LogP contribution in [0.5, 0.6) is 0 Å². The summed E-state index contributed by atoms with van der Waals surface area (Å²) in [7, 11) is 0. The summed E-state index contributed by atoms with van der Waals surface area (Å²) in [4.78, 5) is 7.55. The first-order valence-electron chi connectivity index (χ1n) is 26.7. The molecule has 0 amide bonds. The monoisotopic (exact) mass is 968 g/mol. The van der Waals surface area contributed by atoms with E-state index in [1.807, 2.05) is 0 Å². The van der Waals surface area contributed by atoms with Crippen LogP contribution >= 0.6 is 0 Å². The van der Waals surface area contributed by atoms with Crippen LogP contribution in [0.4, 0.5) is 51.2 Å². The number of hydrogen-bond donors (Lipinski definition) is 0. The molecule has 0 bridgehead atoms. The fourth-order valence-electron chi connectivity index (χ4n) is 12.3. The van der Waals surface area contributed by atoms with Crippen molar-refractivity contribution in [1.82, 2.24) is 0 Å². The van der Waals surface area contributed by atoms with Crippen molar-refractivity contribution in [2.24, 2.45) is 0 Å². The van der Waals surface area contributed by atoms with Gasteiger partial charge in [-0.2, -0.15) is 0 Å². The van der Waals surface area contributed by atoms with Crippen LogP contribution in [0, 0.1) is 0 Å². The molecule has 2 heterocycles. The predicted molar refractivity (Wildman–Crippen MR) is 321 cm³/mol. The first-order valence-corrected chi connectivity index (χ1v) is 26.7. The molecule has 10 aromatic carbocycles. The van der Waals surface area contributed by atoms with Crippen LogP contribution in [-0.2, 0) is 16.2 Å². The number of anilines is 9.